The Morgan fingerprint density at radius 2 is 1.68 bits per heavy atom. The number of aliphatic hydroxyl groups excluding tert-OH is 3. The molecular weight excluding hydrogens is 827 g/mol. The molecule has 3 aliphatic rings. The molecule has 23 nitrogen and oxygen atoms in total. The number of anilines is 2. The quantitative estimate of drug-likeness (QED) is 0.0762. The molecule has 23 heteroatoms. The third kappa shape index (κ3) is 11.1. The van der Waals surface area contributed by atoms with Gasteiger partial charge in [0.25, 0.3) is 11.8 Å². The lowest BCUT2D eigenvalue weighted by Crippen LogP contribution is -2.67. The van der Waals surface area contributed by atoms with Crippen molar-refractivity contribution < 1.29 is 58.4 Å². The second-order valence-electron chi connectivity index (χ2n) is 15.6. The fraction of sp³-hybridized carbons (Fsp3) is 0.500. The van der Waals surface area contributed by atoms with E-state index in [4.69, 9.17) is 9.47 Å². The van der Waals surface area contributed by atoms with Crippen LogP contribution in [0.3, 0.4) is 0 Å². The molecule has 8 atom stereocenters. The Hall–Kier alpha value is -6.56. The van der Waals surface area contributed by atoms with Gasteiger partial charge < -0.3 is 56.4 Å². The number of hydrogen-bond acceptors (Lipinski definition) is 16. The number of amides is 7. The van der Waals surface area contributed by atoms with Crippen LogP contribution < -0.4 is 26.6 Å². The molecule has 3 aliphatic heterocycles. The van der Waals surface area contributed by atoms with E-state index in [1.807, 2.05) is 0 Å². The topological polar surface area (TPSA) is 320 Å². The van der Waals surface area contributed by atoms with Crippen LogP contribution in [-0.4, -0.2) is 155 Å². The molecule has 2 saturated heterocycles. The maximum atomic E-state index is 13.6. The van der Waals surface area contributed by atoms with E-state index in [0.717, 1.165) is 17.1 Å². The van der Waals surface area contributed by atoms with Gasteiger partial charge in [0.15, 0.2) is 17.7 Å². The number of ether oxygens (including phenoxy) is 2. The summed E-state index contributed by atoms with van der Waals surface area (Å²) in [7, 11) is 0. The molecule has 63 heavy (non-hydrogen) atoms. The Kier molecular flexibility index (Phi) is 15.0. The SMILES string of the molecule is CC(C)[C@H](NC(=O)CCN1C(=O)C=CC1=O)C(=O)N[C@@H](C)C(=O)Nc1ccc(COC(=O)N2CCCC[C@@H]2C(=O)N[C@@H]2[C@@H](O)[C@H](O)[C@@H](Nc3ncnc4nc[nH]c34)O[C@H]2CO)cc1. The first-order chi connectivity index (χ1) is 30.1. The first-order valence-electron chi connectivity index (χ1n) is 20.4. The number of nitrogens with one attached hydrogen (secondary N) is 6. The number of fused-ring (bicyclic) bond motifs is 1. The van der Waals surface area contributed by atoms with E-state index in [1.165, 1.54) is 24.5 Å². The first kappa shape index (κ1) is 46.0. The summed E-state index contributed by atoms with van der Waals surface area (Å²) in [6.07, 6.45) is -0.118. The standard InChI is InChI=1S/C40H51N11O12/c1-20(2)29(47-26(53)13-15-51-27(54)11-12-28(51)55)38(60)45-21(3)36(58)46-23-9-7-22(8-10-23)17-62-40(61)50-14-5-4-6-24(50)37(59)48-30-25(16-52)63-39(33(57)32(30)56)49-35-31-34(42-18-41-31)43-19-44-35/h7-12,18-21,24-25,29-30,32-33,39,52,56-57H,4-6,13-17H2,1-3H3,(H,45,60)(H,46,58)(H,47,53)(H,48,59)(H2,41,42,43,44,49)/t21-,24+,25-,29-,30-,32+,33-,39-/m0/s1. The monoisotopic (exact) mass is 877 g/mol. The molecule has 2 fully saturated rings. The van der Waals surface area contributed by atoms with Gasteiger partial charge in [-0.15, -0.1) is 0 Å². The van der Waals surface area contributed by atoms with E-state index in [0.29, 0.717) is 41.7 Å². The summed E-state index contributed by atoms with van der Waals surface area (Å²) in [6, 6.07) is 2.15. The van der Waals surface area contributed by atoms with E-state index in [-0.39, 0.29) is 37.9 Å². The summed E-state index contributed by atoms with van der Waals surface area (Å²) < 4.78 is 11.4. The fourth-order valence-electron chi connectivity index (χ4n) is 7.29. The van der Waals surface area contributed by atoms with Gasteiger partial charge in [-0.25, -0.2) is 19.7 Å². The van der Waals surface area contributed by atoms with Gasteiger partial charge in [-0.3, -0.25) is 38.6 Å². The number of aromatic nitrogens is 4. The maximum Gasteiger partial charge on any atom is 0.410 e. The van der Waals surface area contributed by atoms with E-state index < -0.39 is 96.9 Å². The molecule has 338 valence electrons. The average molecular weight is 878 g/mol. The van der Waals surface area contributed by atoms with Crippen LogP contribution in [0.2, 0.25) is 0 Å². The molecule has 0 radical (unpaired) electrons. The van der Waals surface area contributed by atoms with Crippen molar-refractivity contribution in [3.8, 4) is 0 Å². The van der Waals surface area contributed by atoms with Crippen LogP contribution in [0.5, 0.6) is 0 Å². The lowest BCUT2D eigenvalue weighted by Gasteiger charge is -2.43. The van der Waals surface area contributed by atoms with Crippen LogP contribution >= 0.6 is 0 Å². The molecule has 3 aromatic rings. The van der Waals surface area contributed by atoms with Crippen molar-refractivity contribution in [1.29, 1.82) is 0 Å². The molecule has 0 spiro atoms. The second kappa shape index (κ2) is 20.5. The fourth-order valence-corrected chi connectivity index (χ4v) is 7.29. The largest absolute Gasteiger partial charge is 0.445 e. The van der Waals surface area contributed by atoms with Gasteiger partial charge in [-0.1, -0.05) is 26.0 Å². The van der Waals surface area contributed by atoms with E-state index in [9.17, 15) is 48.9 Å². The number of benzene rings is 1. The third-order valence-electron chi connectivity index (χ3n) is 10.8. The minimum absolute atomic E-state index is 0.144. The van der Waals surface area contributed by atoms with Gasteiger partial charge in [0.1, 0.15) is 54.9 Å². The molecule has 0 aliphatic carbocycles. The highest BCUT2D eigenvalue weighted by Gasteiger charge is 2.47. The molecule has 5 heterocycles. The first-order valence-corrected chi connectivity index (χ1v) is 20.4. The predicted octanol–water partition coefficient (Wildman–Crippen LogP) is -1.22. The van der Waals surface area contributed by atoms with Crippen LogP contribution in [0, 0.1) is 5.92 Å². The minimum atomic E-state index is -1.59. The molecule has 9 N–H and O–H groups in total. The number of carbonyl (C=O) groups is 7. The summed E-state index contributed by atoms with van der Waals surface area (Å²) in [6.45, 7) is 4.17. The maximum absolute atomic E-state index is 13.6. The second-order valence-corrected chi connectivity index (χ2v) is 15.6. The number of rotatable bonds is 16. The lowest BCUT2D eigenvalue weighted by molar-refractivity contribution is -0.186. The smallest absolute Gasteiger partial charge is 0.410 e. The van der Waals surface area contributed by atoms with Crippen LogP contribution in [0.1, 0.15) is 52.0 Å². The van der Waals surface area contributed by atoms with Gasteiger partial charge in [0.05, 0.1) is 19.0 Å². The molecule has 0 bridgehead atoms. The number of piperidine rings is 1. The number of hydrogen-bond donors (Lipinski definition) is 9. The molecule has 0 saturated carbocycles. The van der Waals surface area contributed by atoms with Crippen molar-refractivity contribution in [2.75, 3.05) is 30.3 Å². The predicted molar refractivity (Wildman–Crippen MR) is 219 cm³/mol. The summed E-state index contributed by atoms with van der Waals surface area (Å²) in [5.74, 6) is -3.51. The summed E-state index contributed by atoms with van der Waals surface area (Å²) in [5.41, 5.74) is 1.71. The number of H-pyrrole nitrogens is 1. The van der Waals surface area contributed by atoms with Gasteiger partial charge >= 0.3 is 6.09 Å². The van der Waals surface area contributed by atoms with Crippen molar-refractivity contribution in [3.05, 3.63) is 54.6 Å². The van der Waals surface area contributed by atoms with Crippen molar-refractivity contribution >= 4 is 64.2 Å². The van der Waals surface area contributed by atoms with Gasteiger partial charge in [0, 0.05) is 37.3 Å². The van der Waals surface area contributed by atoms with E-state index in [2.05, 4.69) is 46.5 Å². The van der Waals surface area contributed by atoms with Gasteiger partial charge in [0.2, 0.25) is 23.6 Å². The van der Waals surface area contributed by atoms with Crippen LogP contribution in [0.15, 0.2) is 49.1 Å². The number of carbonyl (C=O) groups excluding carboxylic acids is 7. The Morgan fingerprint density at radius 3 is 2.38 bits per heavy atom. The number of likely N-dealkylation sites (tertiary alicyclic amines) is 1. The molecule has 6 rings (SSSR count). The van der Waals surface area contributed by atoms with Crippen molar-refractivity contribution in [3.63, 3.8) is 0 Å². The number of imidazole rings is 1. The van der Waals surface area contributed by atoms with Gasteiger partial charge in [-0.2, -0.15) is 0 Å². The highest BCUT2D eigenvalue weighted by Crippen LogP contribution is 2.26. The molecule has 1 aromatic carbocycles. The van der Waals surface area contributed by atoms with Crippen LogP contribution in [-0.2, 0) is 44.8 Å². The van der Waals surface area contributed by atoms with E-state index in [1.54, 1.807) is 38.1 Å². The van der Waals surface area contributed by atoms with Gasteiger partial charge in [-0.05, 0) is 49.8 Å². The Labute approximate surface area is 360 Å². The Bertz CT molecular complexity index is 2180. The number of aromatic amines is 1. The minimum Gasteiger partial charge on any atom is -0.445 e. The number of nitrogens with zero attached hydrogens (tertiary/aromatic N) is 5. The Morgan fingerprint density at radius 1 is 0.952 bits per heavy atom. The summed E-state index contributed by atoms with van der Waals surface area (Å²) in [4.78, 5) is 106. The molecule has 7 amide bonds. The number of aliphatic hydroxyl groups is 3. The normalized spacial score (nSPS) is 23.3. The molecule has 0 unspecified atom stereocenters. The van der Waals surface area contributed by atoms with Crippen LogP contribution in [0.4, 0.5) is 16.3 Å². The zero-order chi connectivity index (χ0) is 45.4. The van der Waals surface area contributed by atoms with E-state index >= 15 is 0 Å². The van der Waals surface area contributed by atoms with Crippen molar-refractivity contribution in [2.45, 2.75) is 102 Å². The summed E-state index contributed by atoms with van der Waals surface area (Å²) in [5, 5.41) is 45.7. The number of imide groups is 1. The lowest BCUT2D eigenvalue weighted by atomic mass is 9.94. The molecular formula is C40H51N11O12. The summed E-state index contributed by atoms with van der Waals surface area (Å²) >= 11 is 0. The van der Waals surface area contributed by atoms with Crippen molar-refractivity contribution in [2.24, 2.45) is 5.92 Å². The Balaban J connectivity index is 0.962. The van der Waals surface area contributed by atoms with Crippen LogP contribution in [0.25, 0.3) is 11.2 Å². The third-order valence-corrected chi connectivity index (χ3v) is 10.8. The highest BCUT2D eigenvalue weighted by molar-refractivity contribution is 6.13. The molecule has 2 aromatic heterocycles. The zero-order valence-corrected chi connectivity index (χ0v) is 34.7. The zero-order valence-electron chi connectivity index (χ0n) is 34.7. The average Bonchev–Trinajstić information content (AvgIpc) is 3.89. The highest BCUT2D eigenvalue weighted by atomic mass is 16.6. The van der Waals surface area contributed by atoms with Crippen molar-refractivity contribution in [1.82, 2.24) is 45.7 Å².